The number of carbonyl (C=O) groups excluding carboxylic acids is 1. The standard InChI is InChI=1S/C15H13N3O3S/c1-22(21)11-5-2-9(3-6-11)14(19)16-10-4-7-12-13(8-10)18-15(20)17-12/h2-8H,1H3,(H,16,19)(H2,17,18,20). The summed E-state index contributed by atoms with van der Waals surface area (Å²) in [5, 5.41) is 2.76. The average molecular weight is 315 g/mol. The minimum absolute atomic E-state index is 0.273. The number of hydrogen-bond acceptors (Lipinski definition) is 3. The fourth-order valence-corrected chi connectivity index (χ4v) is 2.63. The summed E-state index contributed by atoms with van der Waals surface area (Å²) in [7, 11) is -1.07. The van der Waals surface area contributed by atoms with Gasteiger partial charge < -0.3 is 15.3 Å². The summed E-state index contributed by atoms with van der Waals surface area (Å²) in [6, 6.07) is 11.7. The Bertz CT molecular complexity index is 925. The molecule has 0 aliphatic carbocycles. The summed E-state index contributed by atoms with van der Waals surface area (Å²) < 4.78 is 11.3. The van der Waals surface area contributed by atoms with Gasteiger partial charge in [-0.3, -0.25) is 9.00 Å². The average Bonchev–Trinajstić information content (AvgIpc) is 2.86. The second-order valence-electron chi connectivity index (χ2n) is 4.77. The number of anilines is 1. The number of amides is 1. The van der Waals surface area contributed by atoms with Crippen LogP contribution in [0.15, 0.2) is 52.2 Å². The van der Waals surface area contributed by atoms with Gasteiger partial charge in [-0.25, -0.2) is 4.79 Å². The Labute approximate surface area is 128 Å². The molecule has 1 amide bonds. The first kappa shape index (κ1) is 14.3. The molecule has 0 saturated carbocycles. The Balaban J connectivity index is 1.82. The number of aromatic amines is 2. The lowest BCUT2D eigenvalue weighted by Crippen LogP contribution is -2.11. The molecule has 3 aromatic rings. The van der Waals surface area contributed by atoms with Crippen LogP contribution < -0.4 is 11.0 Å². The normalized spacial score (nSPS) is 12.2. The van der Waals surface area contributed by atoms with Crippen LogP contribution in [-0.4, -0.2) is 26.3 Å². The molecule has 0 spiro atoms. The molecule has 1 unspecified atom stereocenters. The van der Waals surface area contributed by atoms with E-state index in [4.69, 9.17) is 0 Å². The molecule has 1 heterocycles. The summed E-state index contributed by atoms with van der Waals surface area (Å²) in [5.41, 5.74) is 2.06. The number of carbonyl (C=O) groups is 1. The number of nitrogens with one attached hydrogen (secondary N) is 3. The highest BCUT2D eigenvalue weighted by Crippen LogP contribution is 2.16. The highest BCUT2D eigenvalue weighted by Gasteiger charge is 2.08. The molecule has 3 N–H and O–H groups in total. The van der Waals surface area contributed by atoms with Crippen LogP contribution >= 0.6 is 0 Å². The lowest BCUT2D eigenvalue weighted by molar-refractivity contribution is 0.102. The maximum Gasteiger partial charge on any atom is 0.323 e. The highest BCUT2D eigenvalue weighted by atomic mass is 32.2. The minimum Gasteiger partial charge on any atom is -0.322 e. The molecule has 1 aromatic heterocycles. The summed E-state index contributed by atoms with van der Waals surface area (Å²) in [6.07, 6.45) is 1.59. The molecule has 0 bridgehead atoms. The topological polar surface area (TPSA) is 94.8 Å². The van der Waals surface area contributed by atoms with E-state index in [-0.39, 0.29) is 11.6 Å². The largest absolute Gasteiger partial charge is 0.323 e. The van der Waals surface area contributed by atoms with Crippen LogP contribution in [0.2, 0.25) is 0 Å². The molecule has 0 fully saturated rings. The van der Waals surface area contributed by atoms with Crippen LogP contribution in [0.4, 0.5) is 5.69 Å². The molecule has 7 heteroatoms. The third-order valence-corrected chi connectivity index (χ3v) is 4.16. The number of H-pyrrole nitrogens is 2. The van der Waals surface area contributed by atoms with Crippen molar-refractivity contribution in [2.45, 2.75) is 4.90 Å². The van der Waals surface area contributed by atoms with E-state index in [0.29, 0.717) is 27.2 Å². The van der Waals surface area contributed by atoms with Gasteiger partial charge in [-0.2, -0.15) is 0 Å². The van der Waals surface area contributed by atoms with E-state index in [0.717, 1.165) is 0 Å². The zero-order chi connectivity index (χ0) is 15.7. The number of imidazole rings is 1. The molecular weight excluding hydrogens is 302 g/mol. The molecule has 0 aliphatic heterocycles. The maximum absolute atomic E-state index is 12.2. The van der Waals surface area contributed by atoms with E-state index in [1.807, 2.05) is 0 Å². The third kappa shape index (κ3) is 2.84. The number of benzene rings is 2. The van der Waals surface area contributed by atoms with Gasteiger partial charge in [-0.15, -0.1) is 0 Å². The number of aromatic nitrogens is 2. The molecule has 3 rings (SSSR count). The molecule has 0 saturated heterocycles. The van der Waals surface area contributed by atoms with Crippen LogP contribution in [0.25, 0.3) is 11.0 Å². The molecule has 1 atom stereocenters. The lowest BCUT2D eigenvalue weighted by Gasteiger charge is -2.06. The minimum atomic E-state index is -1.07. The molecule has 2 aromatic carbocycles. The predicted molar refractivity (Wildman–Crippen MR) is 85.6 cm³/mol. The van der Waals surface area contributed by atoms with Crippen molar-refractivity contribution in [3.63, 3.8) is 0 Å². The van der Waals surface area contributed by atoms with E-state index < -0.39 is 10.8 Å². The van der Waals surface area contributed by atoms with E-state index in [2.05, 4.69) is 15.3 Å². The van der Waals surface area contributed by atoms with Gasteiger partial charge in [0.05, 0.1) is 11.0 Å². The van der Waals surface area contributed by atoms with E-state index in [9.17, 15) is 13.8 Å². The SMILES string of the molecule is CS(=O)c1ccc(C(=O)Nc2ccc3[nH]c(=O)[nH]c3c2)cc1. The first-order valence-corrected chi connectivity index (χ1v) is 8.05. The second-order valence-corrected chi connectivity index (χ2v) is 6.15. The van der Waals surface area contributed by atoms with Gasteiger partial charge in [0.15, 0.2) is 0 Å². The smallest absolute Gasteiger partial charge is 0.322 e. The molecule has 0 radical (unpaired) electrons. The predicted octanol–water partition coefficient (Wildman–Crippen LogP) is 1.85. The van der Waals surface area contributed by atoms with Gasteiger partial charge in [-0.1, -0.05) is 0 Å². The number of fused-ring (bicyclic) bond motifs is 1. The van der Waals surface area contributed by atoms with Crippen LogP contribution in [-0.2, 0) is 10.8 Å². The van der Waals surface area contributed by atoms with Crippen molar-refractivity contribution in [1.29, 1.82) is 0 Å². The van der Waals surface area contributed by atoms with Gasteiger partial charge in [0, 0.05) is 33.2 Å². The molecule has 0 aliphatic rings. The first-order chi connectivity index (χ1) is 10.5. The number of hydrogen-bond donors (Lipinski definition) is 3. The summed E-state index contributed by atoms with van der Waals surface area (Å²) in [4.78, 5) is 29.3. The zero-order valence-electron chi connectivity index (χ0n) is 11.7. The summed E-state index contributed by atoms with van der Waals surface area (Å²) in [6.45, 7) is 0. The van der Waals surface area contributed by atoms with Crippen molar-refractivity contribution in [2.75, 3.05) is 11.6 Å². The van der Waals surface area contributed by atoms with Gasteiger partial charge in [0.2, 0.25) is 0 Å². The second kappa shape index (κ2) is 5.61. The van der Waals surface area contributed by atoms with E-state index in [1.165, 1.54) is 0 Å². The van der Waals surface area contributed by atoms with E-state index >= 15 is 0 Å². The molecular formula is C15H13N3O3S. The van der Waals surface area contributed by atoms with Crippen molar-refractivity contribution < 1.29 is 9.00 Å². The maximum atomic E-state index is 12.2. The van der Waals surface area contributed by atoms with Crippen molar-refractivity contribution >= 4 is 33.4 Å². The van der Waals surface area contributed by atoms with Gasteiger partial charge in [0.1, 0.15) is 0 Å². The van der Waals surface area contributed by atoms with Crippen molar-refractivity contribution in [3.8, 4) is 0 Å². The Morgan fingerprint density at radius 3 is 2.41 bits per heavy atom. The Hall–Kier alpha value is -2.67. The highest BCUT2D eigenvalue weighted by molar-refractivity contribution is 7.84. The van der Waals surface area contributed by atoms with Crippen molar-refractivity contribution in [1.82, 2.24) is 9.97 Å². The van der Waals surface area contributed by atoms with Crippen LogP contribution in [0.5, 0.6) is 0 Å². The number of rotatable bonds is 3. The molecule has 22 heavy (non-hydrogen) atoms. The summed E-state index contributed by atoms with van der Waals surface area (Å²) in [5.74, 6) is -0.273. The van der Waals surface area contributed by atoms with Crippen LogP contribution in [0.3, 0.4) is 0 Å². The van der Waals surface area contributed by atoms with Crippen LogP contribution in [0, 0.1) is 0 Å². The van der Waals surface area contributed by atoms with Gasteiger partial charge in [0.25, 0.3) is 5.91 Å². The summed E-state index contributed by atoms with van der Waals surface area (Å²) >= 11 is 0. The molecule has 112 valence electrons. The lowest BCUT2D eigenvalue weighted by atomic mass is 10.2. The zero-order valence-corrected chi connectivity index (χ0v) is 12.5. The Morgan fingerprint density at radius 1 is 1.05 bits per heavy atom. The fraction of sp³-hybridized carbons (Fsp3) is 0.0667. The van der Waals surface area contributed by atoms with Crippen LogP contribution in [0.1, 0.15) is 10.4 Å². The fourth-order valence-electron chi connectivity index (χ4n) is 2.11. The molecule has 6 nitrogen and oxygen atoms in total. The monoisotopic (exact) mass is 315 g/mol. The van der Waals surface area contributed by atoms with Gasteiger partial charge in [-0.05, 0) is 42.5 Å². The Kier molecular flexibility index (Phi) is 3.64. The third-order valence-electron chi connectivity index (χ3n) is 3.22. The Morgan fingerprint density at radius 2 is 1.73 bits per heavy atom. The van der Waals surface area contributed by atoms with Crippen molar-refractivity contribution in [2.24, 2.45) is 0 Å². The van der Waals surface area contributed by atoms with E-state index in [1.54, 1.807) is 48.7 Å². The van der Waals surface area contributed by atoms with Crippen molar-refractivity contribution in [3.05, 3.63) is 58.5 Å². The van der Waals surface area contributed by atoms with Gasteiger partial charge >= 0.3 is 5.69 Å². The quantitative estimate of drug-likeness (QED) is 0.688. The first-order valence-electron chi connectivity index (χ1n) is 6.50.